The molecule has 2 N–H and O–H groups in total. The molecule has 0 aromatic rings. The van der Waals surface area contributed by atoms with Crippen molar-refractivity contribution in [1.29, 1.82) is 0 Å². The Morgan fingerprint density at radius 2 is 0.932 bits per heavy atom. The van der Waals surface area contributed by atoms with E-state index >= 15 is 0 Å². The molecule has 0 spiro atoms. The quantitative estimate of drug-likeness (QED) is 0.0197. The zero-order chi connectivity index (χ0) is 43.3. The topological polar surface area (TPSA) is 164 Å². The summed E-state index contributed by atoms with van der Waals surface area (Å²) in [6.45, 7) is 3.26. The number of carbonyl (C=O) groups is 4. The number of unbranched alkanes of at least 4 members (excludes halogenated alkanes) is 29. The first-order valence-electron chi connectivity index (χ1n) is 24.0. The van der Waals surface area contributed by atoms with E-state index in [4.69, 9.17) is 23.3 Å². The number of esters is 2. The van der Waals surface area contributed by atoms with Crippen molar-refractivity contribution in [2.45, 2.75) is 238 Å². The van der Waals surface area contributed by atoms with Crippen molar-refractivity contribution in [3.63, 3.8) is 0 Å². The van der Waals surface area contributed by atoms with Gasteiger partial charge in [-0.3, -0.25) is 18.6 Å². The zero-order valence-electron chi connectivity index (χ0n) is 37.7. The molecular formula is C46H88NO11P. The molecule has 1 unspecified atom stereocenters. The van der Waals surface area contributed by atoms with E-state index in [1.54, 1.807) is 0 Å². The van der Waals surface area contributed by atoms with E-state index in [2.05, 4.69) is 19.2 Å². The largest absolute Gasteiger partial charge is 0.472 e. The van der Waals surface area contributed by atoms with Crippen LogP contribution < -0.4 is 5.32 Å². The number of phosphoric acid groups is 1. The Kier molecular flexibility index (Phi) is 42.6. The number of hydrogen-bond donors (Lipinski definition) is 2. The average Bonchev–Trinajstić information content (AvgIpc) is 3.22. The molecule has 1 amide bonds. The summed E-state index contributed by atoms with van der Waals surface area (Å²) in [5.41, 5.74) is 0. The molecule has 0 radical (unpaired) electrons. The van der Waals surface area contributed by atoms with Crippen LogP contribution in [0.25, 0.3) is 0 Å². The second kappa shape index (κ2) is 44.1. The minimum Gasteiger partial charge on any atom is -0.462 e. The molecule has 12 nitrogen and oxygen atoms in total. The van der Waals surface area contributed by atoms with Crippen molar-refractivity contribution < 1.29 is 51.9 Å². The first-order valence-corrected chi connectivity index (χ1v) is 25.5. The molecule has 0 fully saturated rings. The van der Waals surface area contributed by atoms with Gasteiger partial charge in [-0.2, -0.15) is 0 Å². The number of phosphoric ester groups is 1. The fourth-order valence-corrected chi connectivity index (χ4v) is 7.56. The molecule has 0 aliphatic rings. The molecule has 59 heavy (non-hydrogen) atoms. The molecule has 0 aliphatic carbocycles. The number of hydrogen-bond acceptors (Lipinski definition) is 10. The van der Waals surface area contributed by atoms with Crippen molar-refractivity contribution in [2.75, 3.05) is 33.0 Å². The first-order chi connectivity index (χ1) is 28.7. The third-order valence-electron chi connectivity index (χ3n) is 10.4. The van der Waals surface area contributed by atoms with Crippen LogP contribution >= 0.6 is 7.82 Å². The lowest BCUT2D eigenvalue weighted by Crippen LogP contribution is -2.30. The van der Waals surface area contributed by atoms with Crippen LogP contribution in [0.15, 0.2) is 0 Å². The Morgan fingerprint density at radius 3 is 1.36 bits per heavy atom. The Labute approximate surface area is 359 Å². The van der Waals surface area contributed by atoms with Crippen molar-refractivity contribution in [2.24, 2.45) is 0 Å². The normalized spacial score (nSPS) is 12.8. The van der Waals surface area contributed by atoms with E-state index in [9.17, 15) is 28.6 Å². The molecular weight excluding hydrogens is 773 g/mol. The van der Waals surface area contributed by atoms with E-state index in [0.29, 0.717) is 19.3 Å². The summed E-state index contributed by atoms with van der Waals surface area (Å²) in [5.74, 6) is -0.910. The van der Waals surface area contributed by atoms with Crippen molar-refractivity contribution >= 4 is 32.1 Å². The van der Waals surface area contributed by atoms with E-state index in [0.717, 1.165) is 44.8 Å². The Balaban J connectivity index is 4.45. The average molecular weight is 862 g/mol. The van der Waals surface area contributed by atoms with Gasteiger partial charge in [0.2, 0.25) is 0 Å². The Morgan fingerprint density at radius 1 is 0.525 bits per heavy atom. The maximum atomic E-state index is 12.7. The maximum absolute atomic E-state index is 12.7. The number of aldehydes is 1. The highest BCUT2D eigenvalue weighted by Crippen LogP contribution is 2.43. The van der Waals surface area contributed by atoms with E-state index in [1.807, 2.05) is 0 Å². The third-order valence-corrected chi connectivity index (χ3v) is 11.4. The minimum absolute atomic E-state index is 0.0661. The molecule has 0 saturated heterocycles. The summed E-state index contributed by atoms with van der Waals surface area (Å²) in [4.78, 5) is 57.5. The highest BCUT2D eigenvalue weighted by atomic mass is 31.2. The lowest BCUT2D eigenvalue weighted by molar-refractivity contribution is -0.161. The van der Waals surface area contributed by atoms with E-state index in [1.165, 1.54) is 141 Å². The predicted molar refractivity (Wildman–Crippen MR) is 236 cm³/mol. The number of carbonyl (C=O) groups excluding carboxylic acids is 4. The lowest BCUT2D eigenvalue weighted by atomic mass is 10.0. The first kappa shape index (κ1) is 57.0. The number of amides is 1. The van der Waals surface area contributed by atoms with Crippen LogP contribution in [-0.4, -0.2) is 68.3 Å². The highest BCUT2D eigenvalue weighted by molar-refractivity contribution is 7.47. The monoisotopic (exact) mass is 862 g/mol. The summed E-state index contributed by atoms with van der Waals surface area (Å²) in [7, 11) is -4.59. The van der Waals surface area contributed by atoms with Crippen LogP contribution in [0.3, 0.4) is 0 Å². The predicted octanol–water partition coefficient (Wildman–Crippen LogP) is 12.8. The van der Waals surface area contributed by atoms with Crippen LogP contribution in [-0.2, 0) is 42.2 Å². The fourth-order valence-electron chi connectivity index (χ4n) is 6.81. The van der Waals surface area contributed by atoms with Crippen molar-refractivity contribution in [3.05, 3.63) is 0 Å². The van der Waals surface area contributed by atoms with E-state index < -0.39 is 38.6 Å². The fraction of sp³-hybridized carbons (Fsp3) is 0.913. The summed E-state index contributed by atoms with van der Waals surface area (Å²) in [5, 5.41) is 2.37. The van der Waals surface area contributed by atoms with E-state index in [-0.39, 0.29) is 45.6 Å². The second-order valence-corrected chi connectivity index (χ2v) is 17.6. The summed E-state index contributed by atoms with van der Waals surface area (Å²) < 4.78 is 38.3. The standard InChI is InChI=1S/C46H88NO11P/c1-3-5-7-9-11-13-15-17-19-21-23-25-27-29-31-35-44(49)55-41-43(42-57-59(52,53)56-40-37-47-46(51)54-39-34-33-38-48)58-45(50)36-32-30-28-26-24-22-20-18-16-14-12-10-8-6-4-2/h38,43H,3-37,39-42H2,1-2H3,(H,47,51)(H,52,53)/t43-/m1/s1. The highest BCUT2D eigenvalue weighted by Gasteiger charge is 2.26. The van der Waals surface area contributed by atoms with Gasteiger partial charge in [-0.25, -0.2) is 9.36 Å². The van der Waals surface area contributed by atoms with Gasteiger partial charge in [-0.1, -0.05) is 194 Å². The molecule has 0 heterocycles. The summed E-state index contributed by atoms with van der Waals surface area (Å²) in [6, 6.07) is 0. The molecule has 348 valence electrons. The molecule has 13 heteroatoms. The number of nitrogens with one attached hydrogen (secondary N) is 1. The SMILES string of the molecule is CCCCCCCCCCCCCCCCCC(=O)OC[C@H](COP(=O)(O)OCCNC(=O)OCCCC=O)OC(=O)CCCCCCCCCCCCCCCCC. The second-order valence-electron chi connectivity index (χ2n) is 16.2. The third kappa shape index (κ3) is 43.9. The van der Waals surface area contributed by atoms with Gasteiger partial charge in [0.15, 0.2) is 6.10 Å². The van der Waals surface area contributed by atoms with Gasteiger partial charge in [0.05, 0.1) is 19.8 Å². The summed E-state index contributed by atoms with van der Waals surface area (Å²) >= 11 is 0. The minimum atomic E-state index is -4.59. The number of ether oxygens (including phenoxy) is 3. The molecule has 0 aliphatic heterocycles. The van der Waals surface area contributed by atoms with Gasteiger partial charge in [-0.15, -0.1) is 0 Å². The van der Waals surface area contributed by atoms with Crippen LogP contribution in [0.5, 0.6) is 0 Å². The van der Waals surface area contributed by atoms with Crippen LogP contribution in [0, 0.1) is 0 Å². The molecule has 0 aromatic heterocycles. The lowest BCUT2D eigenvalue weighted by Gasteiger charge is -2.20. The Hall–Kier alpha value is -2.01. The van der Waals surface area contributed by atoms with Gasteiger partial charge in [-0.05, 0) is 19.3 Å². The van der Waals surface area contributed by atoms with Crippen LogP contribution in [0.1, 0.15) is 232 Å². The molecule has 0 aromatic carbocycles. The smallest absolute Gasteiger partial charge is 0.462 e. The van der Waals surface area contributed by atoms with Gasteiger partial charge in [0.25, 0.3) is 0 Å². The van der Waals surface area contributed by atoms with Gasteiger partial charge in [0, 0.05) is 25.8 Å². The molecule has 0 saturated carbocycles. The molecule has 0 bridgehead atoms. The van der Waals surface area contributed by atoms with Gasteiger partial charge < -0.3 is 29.2 Å². The number of alkyl carbamates (subject to hydrolysis) is 1. The van der Waals surface area contributed by atoms with Gasteiger partial charge in [0.1, 0.15) is 12.9 Å². The number of rotatable bonds is 46. The van der Waals surface area contributed by atoms with Crippen LogP contribution in [0.4, 0.5) is 4.79 Å². The van der Waals surface area contributed by atoms with Gasteiger partial charge >= 0.3 is 25.9 Å². The summed E-state index contributed by atoms with van der Waals surface area (Å²) in [6.07, 6.45) is 36.7. The Bertz CT molecular complexity index is 1030. The zero-order valence-corrected chi connectivity index (χ0v) is 38.6. The van der Waals surface area contributed by atoms with Crippen LogP contribution in [0.2, 0.25) is 0 Å². The van der Waals surface area contributed by atoms with Crippen molar-refractivity contribution in [1.82, 2.24) is 5.32 Å². The van der Waals surface area contributed by atoms with Crippen molar-refractivity contribution in [3.8, 4) is 0 Å². The molecule has 0 rings (SSSR count). The maximum Gasteiger partial charge on any atom is 0.472 e. The molecule has 2 atom stereocenters.